The van der Waals surface area contributed by atoms with Gasteiger partial charge in [0, 0.05) is 31.6 Å². The summed E-state index contributed by atoms with van der Waals surface area (Å²) in [5.74, 6) is 2.68. The second-order valence-corrected chi connectivity index (χ2v) is 4.34. The van der Waals surface area contributed by atoms with E-state index in [-0.39, 0.29) is 0 Å². The first-order chi connectivity index (χ1) is 7.38. The highest BCUT2D eigenvalue weighted by molar-refractivity contribution is 5.48. The lowest BCUT2D eigenvalue weighted by atomic mass is 9.85. The largest absolute Gasteiger partial charge is 0.373 e. The molecule has 0 saturated heterocycles. The molecule has 1 aliphatic heterocycles. The molecule has 2 N–H and O–H groups in total. The third-order valence-corrected chi connectivity index (χ3v) is 3.41. The highest BCUT2D eigenvalue weighted by atomic mass is 15.1. The van der Waals surface area contributed by atoms with Crippen LogP contribution in [0.3, 0.4) is 0 Å². The molecule has 1 saturated carbocycles. The van der Waals surface area contributed by atoms with E-state index >= 15 is 0 Å². The second kappa shape index (κ2) is 3.45. The van der Waals surface area contributed by atoms with Crippen molar-refractivity contribution in [1.29, 1.82) is 0 Å². The van der Waals surface area contributed by atoms with E-state index in [0.717, 1.165) is 24.7 Å². The Labute approximate surface area is 89.5 Å². The first kappa shape index (κ1) is 9.09. The Kier molecular flexibility index (Phi) is 2.09. The van der Waals surface area contributed by atoms with Gasteiger partial charge in [-0.15, -0.1) is 0 Å². The number of aromatic nitrogens is 2. The van der Waals surface area contributed by atoms with Crippen molar-refractivity contribution < 1.29 is 0 Å². The summed E-state index contributed by atoms with van der Waals surface area (Å²) in [4.78, 5) is 9.29. The summed E-state index contributed by atoms with van der Waals surface area (Å²) in [5, 5.41) is 6.50. The smallest absolute Gasteiger partial charge is 0.134 e. The molecule has 4 heteroatoms. The van der Waals surface area contributed by atoms with Gasteiger partial charge in [0.1, 0.15) is 11.6 Å². The lowest BCUT2D eigenvalue weighted by Crippen LogP contribution is -2.15. The standard InChI is InChI=1S/C11H16N4/c1-12-11-8-5-13-6-9(8)14-10(15-11)7-3-2-4-7/h7,13H,2-6H2,1H3,(H,12,14,15). The summed E-state index contributed by atoms with van der Waals surface area (Å²) >= 11 is 0. The molecule has 0 spiro atoms. The summed E-state index contributed by atoms with van der Waals surface area (Å²) in [5.41, 5.74) is 2.44. The number of nitrogens with zero attached hydrogens (tertiary/aromatic N) is 2. The van der Waals surface area contributed by atoms with Crippen molar-refractivity contribution in [3.05, 3.63) is 17.1 Å². The van der Waals surface area contributed by atoms with E-state index in [2.05, 4.69) is 20.6 Å². The normalized spacial score (nSPS) is 19.8. The van der Waals surface area contributed by atoms with Crippen molar-refractivity contribution >= 4 is 5.82 Å². The van der Waals surface area contributed by atoms with Crippen LogP contribution in [0.4, 0.5) is 5.82 Å². The molecular formula is C11H16N4. The first-order valence-electron chi connectivity index (χ1n) is 5.66. The lowest BCUT2D eigenvalue weighted by Gasteiger charge is -2.24. The quantitative estimate of drug-likeness (QED) is 0.764. The molecule has 0 unspecified atom stereocenters. The van der Waals surface area contributed by atoms with Crippen molar-refractivity contribution in [2.24, 2.45) is 0 Å². The van der Waals surface area contributed by atoms with Crippen molar-refractivity contribution in [2.45, 2.75) is 38.3 Å². The van der Waals surface area contributed by atoms with Crippen LogP contribution < -0.4 is 10.6 Å². The molecule has 80 valence electrons. The molecule has 0 radical (unpaired) electrons. The van der Waals surface area contributed by atoms with Gasteiger partial charge in [0.15, 0.2) is 0 Å². The number of hydrogen-bond donors (Lipinski definition) is 2. The summed E-state index contributed by atoms with van der Waals surface area (Å²) < 4.78 is 0. The van der Waals surface area contributed by atoms with Crippen LogP contribution >= 0.6 is 0 Å². The van der Waals surface area contributed by atoms with Crippen molar-refractivity contribution in [3.8, 4) is 0 Å². The van der Waals surface area contributed by atoms with Crippen LogP contribution in [0.15, 0.2) is 0 Å². The molecule has 0 aromatic carbocycles. The van der Waals surface area contributed by atoms with Crippen LogP contribution in [0.1, 0.15) is 42.3 Å². The molecule has 1 aliphatic carbocycles. The van der Waals surface area contributed by atoms with Crippen molar-refractivity contribution in [1.82, 2.24) is 15.3 Å². The van der Waals surface area contributed by atoms with Gasteiger partial charge in [-0.25, -0.2) is 9.97 Å². The van der Waals surface area contributed by atoms with Gasteiger partial charge in [0.25, 0.3) is 0 Å². The molecule has 2 heterocycles. The zero-order valence-electron chi connectivity index (χ0n) is 9.01. The zero-order valence-corrected chi connectivity index (χ0v) is 9.01. The maximum absolute atomic E-state index is 4.67. The average molecular weight is 204 g/mol. The van der Waals surface area contributed by atoms with Crippen LogP contribution in [0.25, 0.3) is 0 Å². The van der Waals surface area contributed by atoms with Crippen molar-refractivity contribution in [2.75, 3.05) is 12.4 Å². The maximum Gasteiger partial charge on any atom is 0.134 e. The van der Waals surface area contributed by atoms with Crippen LogP contribution in [0, 0.1) is 0 Å². The summed E-state index contributed by atoms with van der Waals surface area (Å²) in [6.45, 7) is 1.79. The Hall–Kier alpha value is -1.16. The monoisotopic (exact) mass is 204 g/mol. The minimum atomic E-state index is 0.614. The molecule has 0 atom stereocenters. The van der Waals surface area contributed by atoms with Crippen LogP contribution in [-0.2, 0) is 13.1 Å². The molecule has 1 fully saturated rings. The zero-order chi connectivity index (χ0) is 10.3. The predicted molar refractivity (Wildman–Crippen MR) is 58.7 cm³/mol. The maximum atomic E-state index is 4.67. The minimum absolute atomic E-state index is 0.614. The number of anilines is 1. The van der Waals surface area contributed by atoms with Gasteiger partial charge in [-0.2, -0.15) is 0 Å². The van der Waals surface area contributed by atoms with Gasteiger partial charge in [-0.05, 0) is 12.8 Å². The molecule has 0 amide bonds. The molecule has 1 aromatic heterocycles. The van der Waals surface area contributed by atoms with E-state index in [9.17, 15) is 0 Å². The fraction of sp³-hybridized carbons (Fsp3) is 0.636. The van der Waals surface area contributed by atoms with Gasteiger partial charge in [0.2, 0.25) is 0 Å². The predicted octanol–water partition coefficient (Wildman–Crippen LogP) is 1.39. The Bertz CT molecular complexity index is 384. The van der Waals surface area contributed by atoms with Gasteiger partial charge in [-0.1, -0.05) is 6.42 Å². The molecule has 1 aromatic rings. The van der Waals surface area contributed by atoms with E-state index < -0.39 is 0 Å². The van der Waals surface area contributed by atoms with Crippen LogP contribution in [-0.4, -0.2) is 17.0 Å². The first-order valence-corrected chi connectivity index (χ1v) is 5.66. The highest BCUT2D eigenvalue weighted by Gasteiger charge is 2.26. The Morgan fingerprint density at radius 3 is 2.80 bits per heavy atom. The molecule has 4 nitrogen and oxygen atoms in total. The molecule has 0 bridgehead atoms. The molecule has 15 heavy (non-hydrogen) atoms. The summed E-state index contributed by atoms with van der Waals surface area (Å²) in [7, 11) is 1.94. The van der Waals surface area contributed by atoms with Gasteiger partial charge in [-0.3, -0.25) is 0 Å². The van der Waals surface area contributed by atoms with Crippen LogP contribution in [0.2, 0.25) is 0 Å². The van der Waals surface area contributed by atoms with Gasteiger partial charge in [0.05, 0.1) is 5.69 Å². The Balaban J connectivity index is 2.02. The number of rotatable bonds is 2. The lowest BCUT2D eigenvalue weighted by molar-refractivity contribution is 0.400. The Morgan fingerprint density at radius 1 is 1.27 bits per heavy atom. The van der Waals surface area contributed by atoms with E-state index in [1.165, 1.54) is 30.5 Å². The molecule has 2 aliphatic rings. The average Bonchev–Trinajstić information content (AvgIpc) is 2.61. The Morgan fingerprint density at radius 2 is 2.13 bits per heavy atom. The number of nitrogens with one attached hydrogen (secondary N) is 2. The SMILES string of the molecule is CNc1nc(C2CCC2)nc2c1CNC2. The molecule has 3 rings (SSSR count). The number of hydrogen-bond acceptors (Lipinski definition) is 4. The summed E-state index contributed by atoms with van der Waals surface area (Å²) in [6.07, 6.45) is 3.85. The topological polar surface area (TPSA) is 49.8 Å². The van der Waals surface area contributed by atoms with Gasteiger partial charge >= 0.3 is 0 Å². The van der Waals surface area contributed by atoms with E-state index in [1.807, 2.05) is 7.05 Å². The van der Waals surface area contributed by atoms with Gasteiger partial charge < -0.3 is 10.6 Å². The van der Waals surface area contributed by atoms with E-state index in [0.29, 0.717) is 5.92 Å². The molecular weight excluding hydrogens is 188 g/mol. The third-order valence-electron chi connectivity index (χ3n) is 3.41. The second-order valence-electron chi connectivity index (χ2n) is 4.34. The van der Waals surface area contributed by atoms with E-state index in [4.69, 9.17) is 0 Å². The van der Waals surface area contributed by atoms with E-state index in [1.54, 1.807) is 0 Å². The fourth-order valence-electron chi connectivity index (χ4n) is 2.24. The van der Waals surface area contributed by atoms with Crippen LogP contribution in [0.5, 0.6) is 0 Å². The van der Waals surface area contributed by atoms with Crippen molar-refractivity contribution in [3.63, 3.8) is 0 Å². The highest BCUT2D eigenvalue weighted by Crippen LogP contribution is 2.35. The summed E-state index contributed by atoms with van der Waals surface area (Å²) in [6, 6.07) is 0. The third kappa shape index (κ3) is 1.40. The number of fused-ring (bicyclic) bond motifs is 1. The minimum Gasteiger partial charge on any atom is -0.373 e. The fourth-order valence-corrected chi connectivity index (χ4v) is 2.24.